The normalized spacial score (nSPS) is 28.7. The van der Waals surface area contributed by atoms with Crippen LogP contribution in [0.5, 0.6) is 0 Å². The fraction of sp³-hybridized carbons (Fsp3) is 0.800. The largest absolute Gasteiger partial charge is 0.302 e. The lowest BCUT2D eigenvalue weighted by Gasteiger charge is -2.36. The summed E-state index contributed by atoms with van der Waals surface area (Å²) < 4.78 is 26.1. The van der Waals surface area contributed by atoms with Crippen LogP contribution in [0.4, 0.5) is 8.78 Å². The van der Waals surface area contributed by atoms with Gasteiger partial charge in [-0.15, -0.1) is 6.58 Å². The Morgan fingerprint density at radius 1 is 1.62 bits per heavy atom. The second kappa shape index (κ2) is 4.18. The van der Waals surface area contributed by atoms with E-state index in [0.717, 1.165) is 13.0 Å². The van der Waals surface area contributed by atoms with Crippen molar-refractivity contribution in [1.82, 2.24) is 4.90 Å². The molecule has 1 heterocycles. The third-order valence-corrected chi connectivity index (χ3v) is 2.66. The van der Waals surface area contributed by atoms with Gasteiger partial charge in [0.15, 0.2) is 0 Å². The number of halogens is 2. The third kappa shape index (κ3) is 2.76. The average molecular weight is 189 g/mol. The first-order valence-corrected chi connectivity index (χ1v) is 4.77. The van der Waals surface area contributed by atoms with E-state index in [9.17, 15) is 8.78 Å². The Hall–Kier alpha value is -0.440. The Morgan fingerprint density at radius 2 is 2.31 bits per heavy atom. The number of hydrogen-bond donors (Lipinski definition) is 0. The van der Waals surface area contributed by atoms with Gasteiger partial charge in [-0.25, -0.2) is 8.78 Å². The van der Waals surface area contributed by atoms with Crippen molar-refractivity contribution in [3.05, 3.63) is 12.7 Å². The SMILES string of the molecule is C=CCCN1CCC(F)(F)C(C)C1. The summed E-state index contributed by atoms with van der Waals surface area (Å²) in [5.74, 6) is -2.96. The molecule has 1 aliphatic heterocycles. The molecule has 0 aromatic rings. The van der Waals surface area contributed by atoms with Gasteiger partial charge in [-0.05, 0) is 6.42 Å². The van der Waals surface area contributed by atoms with E-state index in [4.69, 9.17) is 0 Å². The highest BCUT2D eigenvalue weighted by Gasteiger charge is 2.40. The van der Waals surface area contributed by atoms with Gasteiger partial charge in [-0.2, -0.15) is 0 Å². The first kappa shape index (κ1) is 10.6. The van der Waals surface area contributed by atoms with Gasteiger partial charge in [0.2, 0.25) is 0 Å². The Morgan fingerprint density at radius 3 is 2.85 bits per heavy atom. The number of alkyl halides is 2. The van der Waals surface area contributed by atoms with E-state index in [-0.39, 0.29) is 6.42 Å². The van der Waals surface area contributed by atoms with Crippen LogP contribution < -0.4 is 0 Å². The van der Waals surface area contributed by atoms with Crippen LogP contribution in [0.2, 0.25) is 0 Å². The first-order valence-electron chi connectivity index (χ1n) is 4.77. The molecule has 0 saturated carbocycles. The van der Waals surface area contributed by atoms with Gasteiger partial charge in [0, 0.05) is 32.0 Å². The molecule has 1 fully saturated rings. The molecule has 13 heavy (non-hydrogen) atoms. The highest BCUT2D eigenvalue weighted by Crippen LogP contribution is 2.32. The van der Waals surface area contributed by atoms with Crippen molar-refractivity contribution >= 4 is 0 Å². The summed E-state index contributed by atoms with van der Waals surface area (Å²) in [6.45, 7) is 7.14. The van der Waals surface area contributed by atoms with Crippen molar-refractivity contribution in [3.63, 3.8) is 0 Å². The van der Waals surface area contributed by atoms with Crippen LogP contribution in [0.25, 0.3) is 0 Å². The minimum atomic E-state index is -2.45. The lowest BCUT2D eigenvalue weighted by atomic mass is 9.95. The average Bonchev–Trinajstić information content (AvgIpc) is 2.07. The van der Waals surface area contributed by atoms with Crippen molar-refractivity contribution in [2.24, 2.45) is 5.92 Å². The molecule has 0 amide bonds. The summed E-state index contributed by atoms with van der Waals surface area (Å²) >= 11 is 0. The zero-order valence-corrected chi connectivity index (χ0v) is 8.10. The van der Waals surface area contributed by atoms with E-state index < -0.39 is 11.8 Å². The highest BCUT2D eigenvalue weighted by atomic mass is 19.3. The molecule has 3 heteroatoms. The van der Waals surface area contributed by atoms with Gasteiger partial charge in [0.1, 0.15) is 0 Å². The van der Waals surface area contributed by atoms with E-state index in [1.807, 2.05) is 6.08 Å². The maximum Gasteiger partial charge on any atom is 0.253 e. The molecule has 1 atom stereocenters. The smallest absolute Gasteiger partial charge is 0.253 e. The fourth-order valence-corrected chi connectivity index (χ4v) is 1.64. The summed E-state index contributed by atoms with van der Waals surface area (Å²) in [4.78, 5) is 2.09. The van der Waals surface area contributed by atoms with Crippen LogP contribution in [0, 0.1) is 5.92 Å². The summed E-state index contributed by atoms with van der Waals surface area (Å²) in [5, 5.41) is 0. The minimum absolute atomic E-state index is 0.00527. The molecule has 1 aliphatic rings. The quantitative estimate of drug-likeness (QED) is 0.617. The first-order chi connectivity index (χ1) is 6.06. The van der Waals surface area contributed by atoms with Crippen LogP contribution in [0.15, 0.2) is 12.7 Å². The van der Waals surface area contributed by atoms with E-state index in [1.165, 1.54) is 0 Å². The van der Waals surface area contributed by atoms with Gasteiger partial charge in [0.05, 0.1) is 0 Å². The highest BCUT2D eigenvalue weighted by molar-refractivity contribution is 4.84. The number of hydrogen-bond acceptors (Lipinski definition) is 1. The monoisotopic (exact) mass is 189 g/mol. The van der Waals surface area contributed by atoms with Crippen molar-refractivity contribution in [2.75, 3.05) is 19.6 Å². The molecule has 0 aromatic heterocycles. The molecular weight excluding hydrogens is 172 g/mol. The van der Waals surface area contributed by atoms with Crippen LogP contribution in [-0.4, -0.2) is 30.5 Å². The van der Waals surface area contributed by atoms with Crippen LogP contribution in [0.3, 0.4) is 0 Å². The number of nitrogens with zero attached hydrogens (tertiary/aromatic N) is 1. The number of likely N-dealkylation sites (tertiary alicyclic amines) is 1. The maximum atomic E-state index is 13.0. The summed E-state index contributed by atoms with van der Waals surface area (Å²) in [6.07, 6.45) is 2.72. The third-order valence-electron chi connectivity index (χ3n) is 2.66. The molecule has 1 rings (SSSR count). The number of piperidine rings is 1. The molecule has 1 unspecified atom stereocenters. The molecule has 0 radical (unpaired) electrons. The molecule has 0 bridgehead atoms. The lowest BCUT2D eigenvalue weighted by Crippen LogP contribution is -2.45. The summed E-state index contributed by atoms with van der Waals surface area (Å²) in [6, 6.07) is 0. The Bertz CT molecular complexity index is 180. The molecule has 0 spiro atoms. The Balaban J connectivity index is 2.37. The van der Waals surface area contributed by atoms with E-state index >= 15 is 0 Å². The lowest BCUT2D eigenvalue weighted by molar-refractivity contribution is -0.0984. The molecule has 1 saturated heterocycles. The minimum Gasteiger partial charge on any atom is -0.302 e. The second-order valence-corrected chi connectivity index (χ2v) is 3.79. The van der Waals surface area contributed by atoms with Gasteiger partial charge < -0.3 is 4.90 Å². The van der Waals surface area contributed by atoms with Crippen molar-refractivity contribution in [2.45, 2.75) is 25.7 Å². The predicted octanol–water partition coefficient (Wildman–Crippen LogP) is 2.54. The van der Waals surface area contributed by atoms with E-state index in [0.29, 0.717) is 13.1 Å². The van der Waals surface area contributed by atoms with Crippen LogP contribution >= 0.6 is 0 Å². The standard InChI is InChI=1S/C10H17F2N/c1-3-4-6-13-7-5-10(11,12)9(2)8-13/h3,9H,1,4-8H2,2H3. The zero-order chi connectivity index (χ0) is 9.90. The second-order valence-electron chi connectivity index (χ2n) is 3.79. The van der Waals surface area contributed by atoms with Crippen molar-refractivity contribution < 1.29 is 8.78 Å². The van der Waals surface area contributed by atoms with Gasteiger partial charge in [0.25, 0.3) is 5.92 Å². The Kier molecular flexibility index (Phi) is 3.42. The number of rotatable bonds is 3. The summed E-state index contributed by atoms with van der Waals surface area (Å²) in [7, 11) is 0. The Labute approximate surface area is 78.4 Å². The summed E-state index contributed by atoms with van der Waals surface area (Å²) in [5.41, 5.74) is 0. The van der Waals surface area contributed by atoms with Crippen LogP contribution in [-0.2, 0) is 0 Å². The van der Waals surface area contributed by atoms with Gasteiger partial charge in [-0.1, -0.05) is 13.0 Å². The fourth-order valence-electron chi connectivity index (χ4n) is 1.64. The maximum absolute atomic E-state index is 13.0. The van der Waals surface area contributed by atoms with Gasteiger partial charge >= 0.3 is 0 Å². The van der Waals surface area contributed by atoms with Gasteiger partial charge in [-0.3, -0.25) is 0 Å². The topological polar surface area (TPSA) is 3.24 Å². The molecular formula is C10H17F2N. The molecule has 0 aromatic carbocycles. The van der Waals surface area contributed by atoms with E-state index in [2.05, 4.69) is 11.5 Å². The van der Waals surface area contributed by atoms with E-state index in [1.54, 1.807) is 6.92 Å². The zero-order valence-electron chi connectivity index (χ0n) is 8.10. The molecule has 1 nitrogen and oxygen atoms in total. The molecule has 0 N–H and O–H groups in total. The van der Waals surface area contributed by atoms with Crippen molar-refractivity contribution in [3.8, 4) is 0 Å². The van der Waals surface area contributed by atoms with Crippen LogP contribution in [0.1, 0.15) is 19.8 Å². The predicted molar refractivity (Wildman–Crippen MR) is 50.0 cm³/mol. The molecule has 76 valence electrons. The molecule has 0 aliphatic carbocycles. The van der Waals surface area contributed by atoms with Crippen molar-refractivity contribution in [1.29, 1.82) is 0 Å².